The van der Waals surface area contributed by atoms with Crippen LogP contribution in [0.15, 0.2) is 62.2 Å². The number of hydrogen-bond donors (Lipinski definition) is 0. The van der Waals surface area contributed by atoms with Crippen LogP contribution in [-0.4, -0.2) is 10.5 Å². The van der Waals surface area contributed by atoms with Gasteiger partial charge in [-0.1, -0.05) is 34.1 Å². The molecule has 0 saturated carbocycles. The van der Waals surface area contributed by atoms with E-state index in [1.54, 1.807) is 42.5 Å². The van der Waals surface area contributed by atoms with Gasteiger partial charge in [0.25, 0.3) is 5.91 Å². The first-order valence-corrected chi connectivity index (χ1v) is 6.37. The Balaban J connectivity index is 2.23. The van der Waals surface area contributed by atoms with Crippen LogP contribution < -0.4 is 5.76 Å². The Morgan fingerprint density at radius 3 is 2.58 bits per heavy atom. The summed E-state index contributed by atoms with van der Waals surface area (Å²) in [6.07, 6.45) is 0. The minimum atomic E-state index is -0.679. The Labute approximate surface area is 116 Å². The van der Waals surface area contributed by atoms with Gasteiger partial charge in [-0.3, -0.25) is 4.79 Å². The van der Waals surface area contributed by atoms with E-state index in [0.29, 0.717) is 16.7 Å². The molecule has 0 unspecified atom stereocenters. The highest BCUT2D eigenvalue weighted by atomic mass is 79.9. The summed E-state index contributed by atoms with van der Waals surface area (Å²) >= 11 is 3.29. The van der Waals surface area contributed by atoms with Crippen LogP contribution in [0.1, 0.15) is 10.4 Å². The number of hydrogen-bond acceptors (Lipinski definition) is 3. The number of benzene rings is 2. The van der Waals surface area contributed by atoms with Crippen LogP contribution in [0.3, 0.4) is 0 Å². The average Bonchev–Trinajstić information content (AvgIpc) is 2.74. The van der Waals surface area contributed by atoms with Gasteiger partial charge in [-0.2, -0.15) is 0 Å². The molecule has 0 amide bonds. The summed E-state index contributed by atoms with van der Waals surface area (Å²) < 4.78 is 6.90. The second-order valence-electron chi connectivity index (χ2n) is 3.99. The lowest BCUT2D eigenvalue weighted by Gasteiger charge is -2.00. The molecule has 3 rings (SSSR count). The molecule has 0 aliphatic rings. The van der Waals surface area contributed by atoms with Gasteiger partial charge >= 0.3 is 5.76 Å². The molecule has 5 heteroatoms. The smallest absolute Gasteiger partial charge is 0.407 e. The van der Waals surface area contributed by atoms with Crippen molar-refractivity contribution in [3.63, 3.8) is 0 Å². The summed E-state index contributed by atoms with van der Waals surface area (Å²) in [5, 5.41) is 0. The standard InChI is InChI=1S/C14H8BrNO3/c15-10-6-7-11-12(8-10)19-14(18)16(11)13(17)9-4-2-1-3-5-9/h1-8H. The van der Waals surface area contributed by atoms with Crippen molar-refractivity contribution in [2.75, 3.05) is 0 Å². The third-order valence-electron chi connectivity index (χ3n) is 2.77. The SMILES string of the molecule is O=C(c1ccccc1)n1c(=O)oc2cc(Br)ccc21. The predicted molar refractivity (Wildman–Crippen MR) is 74.3 cm³/mol. The van der Waals surface area contributed by atoms with Crippen molar-refractivity contribution in [1.29, 1.82) is 0 Å². The third-order valence-corrected chi connectivity index (χ3v) is 3.26. The predicted octanol–water partition coefficient (Wildman–Crippen LogP) is 3.05. The normalized spacial score (nSPS) is 10.8. The summed E-state index contributed by atoms with van der Waals surface area (Å²) in [6, 6.07) is 13.7. The highest BCUT2D eigenvalue weighted by Gasteiger charge is 2.17. The van der Waals surface area contributed by atoms with E-state index in [0.717, 1.165) is 9.04 Å². The minimum Gasteiger partial charge on any atom is -0.407 e. The first-order chi connectivity index (χ1) is 9.16. The topological polar surface area (TPSA) is 52.2 Å². The number of rotatable bonds is 1. The average molecular weight is 318 g/mol. The Hall–Kier alpha value is -2.14. The van der Waals surface area contributed by atoms with Gasteiger partial charge in [-0.15, -0.1) is 0 Å². The van der Waals surface area contributed by atoms with E-state index in [2.05, 4.69) is 15.9 Å². The van der Waals surface area contributed by atoms with Gasteiger partial charge < -0.3 is 4.42 Å². The van der Waals surface area contributed by atoms with Gasteiger partial charge in [-0.05, 0) is 30.3 Å². The van der Waals surface area contributed by atoms with Crippen molar-refractivity contribution in [3.05, 3.63) is 69.1 Å². The molecule has 1 aromatic heterocycles. The maximum absolute atomic E-state index is 12.3. The van der Waals surface area contributed by atoms with E-state index in [-0.39, 0.29) is 0 Å². The lowest BCUT2D eigenvalue weighted by atomic mass is 10.2. The molecule has 0 spiro atoms. The van der Waals surface area contributed by atoms with Crippen LogP contribution >= 0.6 is 15.9 Å². The van der Waals surface area contributed by atoms with Crippen LogP contribution in [0, 0.1) is 0 Å². The molecule has 4 nitrogen and oxygen atoms in total. The van der Waals surface area contributed by atoms with Gasteiger partial charge in [0.15, 0.2) is 5.58 Å². The lowest BCUT2D eigenvalue weighted by molar-refractivity contribution is 0.0956. The van der Waals surface area contributed by atoms with Crippen molar-refractivity contribution < 1.29 is 9.21 Å². The maximum Gasteiger partial charge on any atom is 0.427 e. The molecule has 0 bridgehead atoms. The molecule has 0 fully saturated rings. The molecule has 19 heavy (non-hydrogen) atoms. The molecule has 0 atom stereocenters. The molecular formula is C14H8BrNO3. The van der Waals surface area contributed by atoms with Crippen molar-refractivity contribution >= 4 is 32.9 Å². The number of oxazole rings is 1. The van der Waals surface area contributed by atoms with Crippen LogP contribution in [0.25, 0.3) is 11.1 Å². The fraction of sp³-hybridized carbons (Fsp3) is 0. The zero-order chi connectivity index (χ0) is 13.4. The number of carbonyl (C=O) groups is 1. The van der Waals surface area contributed by atoms with Gasteiger partial charge in [-0.25, -0.2) is 9.36 Å². The zero-order valence-corrected chi connectivity index (χ0v) is 11.3. The first kappa shape index (κ1) is 11.9. The van der Waals surface area contributed by atoms with Crippen molar-refractivity contribution in [2.24, 2.45) is 0 Å². The molecule has 0 saturated heterocycles. The Morgan fingerprint density at radius 2 is 1.84 bits per heavy atom. The maximum atomic E-state index is 12.3. The quantitative estimate of drug-likeness (QED) is 0.693. The van der Waals surface area contributed by atoms with Gasteiger partial charge in [0.1, 0.15) is 0 Å². The molecule has 0 aliphatic heterocycles. The Morgan fingerprint density at radius 1 is 1.11 bits per heavy atom. The zero-order valence-electron chi connectivity index (χ0n) is 9.67. The molecule has 0 aliphatic carbocycles. The number of fused-ring (bicyclic) bond motifs is 1. The molecular weight excluding hydrogens is 310 g/mol. The largest absolute Gasteiger partial charge is 0.427 e. The lowest BCUT2D eigenvalue weighted by Crippen LogP contribution is -2.23. The van der Waals surface area contributed by atoms with E-state index < -0.39 is 11.7 Å². The number of nitrogens with zero attached hydrogens (tertiary/aromatic N) is 1. The summed E-state index contributed by atoms with van der Waals surface area (Å²) in [4.78, 5) is 24.1. The molecule has 0 N–H and O–H groups in total. The van der Waals surface area contributed by atoms with Crippen molar-refractivity contribution in [1.82, 2.24) is 4.57 Å². The van der Waals surface area contributed by atoms with E-state index in [9.17, 15) is 9.59 Å². The molecule has 1 heterocycles. The van der Waals surface area contributed by atoms with Gasteiger partial charge in [0, 0.05) is 10.0 Å². The van der Waals surface area contributed by atoms with Crippen LogP contribution in [0.4, 0.5) is 0 Å². The molecule has 3 aromatic rings. The van der Waals surface area contributed by atoms with Gasteiger partial charge in [0.2, 0.25) is 0 Å². The summed E-state index contributed by atoms with van der Waals surface area (Å²) in [6.45, 7) is 0. The Kier molecular flexibility index (Phi) is 2.83. The second-order valence-corrected chi connectivity index (χ2v) is 4.90. The van der Waals surface area contributed by atoms with Crippen LogP contribution in [0.2, 0.25) is 0 Å². The van der Waals surface area contributed by atoms with Gasteiger partial charge in [0.05, 0.1) is 5.52 Å². The third kappa shape index (κ3) is 2.02. The van der Waals surface area contributed by atoms with Crippen molar-refractivity contribution in [3.8, 4) is 0 Å². The highest BCUT2D eigenvalue weighted by Crippen LogP contribution is 2.19. The summed E-state index contributed by atoms with van der Waals surface area (Å²) in [5.41, 5.74) is 1.28. The van der Waals surface area contributed by atoms with E-state index in [1.165, 1.54) is 0 Å². The molecule has 94 valence electrons. The minimum absolute atomic E-state index is 0.378. The summed E-state index contributed by atoms with van der Waals surface area (Å²) in [5.74, 6) is -1.08. The fourth-order valence-electron chi connectivity index (χ4n) is 1.89. The second kappa shape index (κ2) is 4.51. The monoisotopic (exact) mass is 317 g/mol. The number of carbonyl (C=O) groups excluding carboxylic acids is 1. The van der Waals surface area contributed by atoms with E-state index in [4.69, 9.17) is 4.42 Å². The van der Waals surface area contributed by atoms with E-state index >= 15 is 0 Å². The molecule has 0 radical (unpaired) electrons. The van der Waals surface area contributed by atoms with Crippen molar-refractivity contribution in [2.45, 2.75) is 0 Å². The summed E-state index contributed by atoms with van der Waals surface area (Å²) in [7, 11) is 0. The van der Waals surface area contributed by atoms with Crippen LogP contribution in [0.5, 0.6) is 0 Å². The van der Waals surface area contributed by atoms with E-state index in [1.807, 2.05) is 6.07 Å². The fourth-order valence-corrected chi connectivity index (χ4v) is 2.23. The molecule has 2 aromatic carbocycles. The van der Waals surface area contributed by atoms with Crippen LogP contribution in [-0.2, 0) is 0 Å². The Bertz CT molecular complexity index is 818. The number of aromatic nitrogens is 1. The highest BCUT2D eigenvalue weighted by molar-refractivity contribution is 9.10. The first-order valence-electron chi connectivity index (χ1n) is 5.58. The number of halogens is 1.